The van der Waals surface area contributed by atoms with Crippen molar-refractivity contribution in [3.8, 4) is 0 Å². The summed E-state index contributed by atoms with van der Waals surface area (Å²) >= 11 is 0. The fraction of sp³-hybridized carbons (Fsp3) is 0. The Kier molecular flexibility index (Phi) is 1.22. The van der Waals surface area contributed by atoms with Gasteiger partial charge in [-0.15, -0.1) is 0 Å². The molecule has 2 aromatic rings. The van der Waals surface area contributed by atoms with Crippen molar-refractivity contribution in [2.75, 3.05) is 0 Å². The quantitative estimate of drug-likeness (QED) is 0.576. The van der Waals surface area contributed by atoms with Gasteiger partial charge in [-0.2, -0.15) is 0 Å². The van der Waals surface area contributed by atoms with Gasteiger partial charge in [0.15, 0.2) is 11.9 Å². The molecule has 3 heteroatoms. The van der Waals surface area contributed by atoms with E-state index in [0.29, 0.717) is 17.6 Å². The molecular formula is C8H5NO2. The monoisotopic (exact) mass is 147 g/mol. The molecule has 2 aromatic heterocycles. The average Bonchev–Trinajstić information content (AvgIpc) is 2.50. The summed E-state index contributed by atoms with van der Waals surface area (Å²) in [7, 11) is 0. The van der Waals surface area contributed by atoms with Crippen molar-refractivity contribution in [3.63, 3.8) is 0 Å². The summed E-state index contributed by atoms with van der Waals surface area (Å²) in [4.78, 5) is 14.1. The molecule has 0 N–H and O–H groups in total. The van der Waals surface area contributed by atoms with E-state index in [1.807, 2.05) is 0 Å². The predicted molar refractivity (Wildman–Crippen MR) is 39.4 cm³/mol. The zero-order chi connectivity index (χ0) is 7.68. The lowest BCUT2D eigenvalue weighted by Crippen LogP contribution is -1.83. The normalized spacial score (nSPS) is 10.2. The molecule has 0 aromatic carbocycles. The van der Waals surface area contributed by atoms with Gasteiger partial charge in [0.25, 0.3) is 0 Å². The van der Waals surface area contributed by atoms with E-state index in [1.54, 1.807) is 24.6 Å². The number of furan rings is 1. The van der Waals surface area contributed by atoms with Gasteiger partial charge >= 0.3 is 0 Å². The zero-order valence-electron chi connectivity index (χ0n) is 5.65. The second kappa shape index (κ2) is 2.20. The molecule has 0 saturated heterocycles. The number of carbonyl (C=O) groups excluding carboxylic acids is 1. The highest BCUT2D eigenvalue weighted by molar-refractivity contribution is 5.83. The van der Waals surface area contributed by atoms with Crippen molar-refractivity contribution in [1.29, 1.82) is 0 Å². The van der Waals surface area contributed by atoms with Gasteiger partial charge in [-0.1, -0.05) is 0 Å². The van der Waals surface area contributed by atoms with Crippen molar-refractivity contribution < 1.29 is 9.21 Å². The molecule has 2 rings (SSSR count). The molecule has 0 aliphatic heterocycles. The maximum atomic E-state index is 10.3. The largest absolute Gasteiger partial charge is 0.463 e. The molecule has 0 atom stereocenters. The van der Waals surface area contributed by atoms with Gasteiger partial charge in [-0.05, 0) is 12.1 Å². The van der Waals surface area contributed by atoms with Crippen LogP contribution in [0.5, 0.6) is 0 Å². The molecule has 0 unspecified atom stereocenters. The first-order valence-electron chi connectivity index (χ1n) is 3.18. The minimum atomic E-state index is 0.430. The third-order valence-corrected chi connectivity index (χ3v) is 1.48. The van der Waals surface area contributed by atoms with Crippen LogP contribution in [0, 0.1) is 0 Å². The Hall–Kier alpha value is -1.64. The van der Waals surface area contributed by atoms with E-state index < -0.39 is 0 Å². The Morgan fingerprint density at radius 2 is 2.45 bits per heavy atom. The van der Waals surface area contributed by atoms with Crippen molar-refractivity contribution >= 4 is 17.3 Å². The molecule has 0 fully saturated rings. The molecule has 0 aliphatic rings. The first kappa shape index (κ1) is 6.09. The fourth-order valence-electron chi connectivity index (χ4n) is 0.949. The molecule has 3 nitrogen and oxygen atoms in total. The molecule has 0 bridgehead atoms. The topological polar surface area (TPSA) is 43.1 Å². The predicted octanol–water partition coefficient (Wildman–Crippen LogP) is 1.64. The van der Waals surface area contributed by atoms with E-state index in [4.69, 9.17) is 4.42 Å². The minimum absolute atomic E-state index is 0.430. The lowest BCUT2D eigenvalue weighted by molar-refractivity contribution is 0.111. The van der Waals surface area contributed by atoms with E-state index in [-0.39, 0.29) is 0 Å². The second-order valence-electron chi connectivity index (χ2n) is 2.19. The summed E-state index contributed by atoms with van der Waals surface area (Å²) in [5.41, 5.74) is 1.13. The van der Waals surface area contributed by atoms with Crippen LogP contribution in [-0.2, 0) is 0 Å². The Bertz CT molecular complexity index is 392. The molecule has 2 heterocycles. The van der Waals surface area contributed by atoms with Gasteiger partial charge in [-0.3, -0.25) is 4.79 Å². The maximum Gasteiger partial charge on any atom is 0.168 e. The second-order valence-corrected chi connectivity index (χ2v) is 2.19. The standard InChI is InChI=1S/C8H5NO2/c10-5-7-3-6-1-2-11-8(6)4-9-7/h1-5H. The number of aromatic nitrogens is 1. The van der Waals surface area contributed by atoms with Crippen LogP contribution in [0.4, 0.5) is 0 Å². The highest BCUT2D eigenvalue weighted by Gasteiger charge is 1.97. The lowest BCUT2D eigenvalue weighted by atomic mass is 10.3. The van der Waals surface area contributed by atoms with Gasteiger partial charge in [0, 0.05) is 5.39 Å². The number of aldehydes is 1. The van der Waals surface area contributed by atoms with E-state index in [2.05, 4.69) is 4.98 Å². The number of hydrogen-bond acceptors (Lipinski definition) is 3. The molecule has 11 heavy (non-hydrogen) atoms. The van der Waals surface area contributed by atoms with Gasteiger partial charge in [0.05, 0.1) is 12.5 Å². The van der Waals surface area contributed by atoms with Crippen molar-refractivity contribution in [1.82, 2.24) is 4.98 Å². The van der Waals surface area contributed by atoms with Crippen LogP contribution in [0.2, 0.25) is 0 Å². The smallest absolute Gasteiger partial charge is 0.168 e. The number of carbonyl (C=O) groups is 1. The summed E-state index contributed by atoms with van der Waals surface area (Å²) < 4.78 is 5.04. The van der Waals surface area contributed by atoms with Crippen molar-refractivity contribution in [2.45, 2.75) is 0 Å². The zero-order valence-corrected chi connectivity index (χ0v) is 5.65. The number of rotatable bonds is 1. The summed E-state index contributed by atoms with van der Waals surface area (Å²) in [5.74, 6) is 0. The number of pyridine rings is 1. The SMILES string of the molecule is O=Cc1cc2ccoc2cn1. The van der Waals surface area contributed by atoms with Crippen LogP contribution in [0.25, 0.3) is 11.0 Å². The summed E-state index contributed by atoms with van der Waals surface area (Å²) in [6.45, 7) is 0. The van der Waals surface area contributed by atoms with Crippen LogP contribution in [0.15, 0.2) is 29.0 Å². The molecule has 0 aliphatic carbocycles. The Morgan fingerprint density at radius 3 is 3.27 bits per heavy atom. The van der Waals surface area contributed by atoms with Gasteiger partial charge in [0.2, 0.25) is 0 Å². The van der Waals surface area contributed by atoms with Crippen LogP contribution >= 0.6 is 0 Å². The minimum Gasteiger partial charge on any atom is -0.463 e. The Labute approximate surface area is 62.7 Å². The average molecular weight is 147 g/mol. The fourth-order valence-corrected chi connectivity index (χ4v) is 0.949. The molecule has 0 saturated carbocycles. The lowest BCUT2D eigenvalue weighted by Gasteiger charge is -1.87. The first-order chi connectivity index (χ1) is 5.40. The van der Waals surface area contributed by atoms with Crippen LogP contribution < -0.4 is 0 Å². The molecule has 0 amide bonds. The Balaban J connectivity index is 2.76. The van der Waals surface area contributed by atoms with E-state index in [1.165, 1.54) is 0 Å². The van der Waals surface area contributed by atoms with Crippen molar-refractivity contribution in [2.24, 2.45) is 0 Å². The summed E-state index contributed by atoms with van der Waals surface area (Å²) in [6.07, 6.45) is 3.83. The van der Waals surface area contributed by atoms with Gasteiger partial charge in [0.1, 0.15) is 5.69 Å². The van der Waals surface area contributed by atoms with Gasteiger partial charge in [-0.25, -0.2) is 4.98 Å². The molecule has 0 radical (unpaired) electrons. The highest BCUT2D eigenvalue weighted by atomic mass is 16.3. The van der Waals surface area contributed by atoms with E-state index in [9.17, 15) is 4.79 Å². The molecule has 54 valence electrons. The van der Waals surface area contributed by atoms with E-state index in [0.717, 1.165) is 5.39 Å². The summed E-state index contributed by atoms with van der Waals surface area (Å²) in [5, 5.41) is 0.905. The Morgan fingerprint density at radius 1 is 1.55 bits per heavy atom. The maximum absolute atomic E-state index is 10.3. The summed E-state index contributed by atoms with van der Waals surface area (Å²) in [6, 6.07) is 3.48. The number of fused-ring (bicyclic) bond motifs is 1. The molecular weight excluding hydrogens is 142 g/mol. The third kappa shape index (κ3) is 0.902. The first-order valence-corrected chi connectivity index (χ1v) is 3.18. The van der Waals surface area contributed by atoms with E-state index >= 15 is 0 Å². The molecule has 0 spiro atoms. The van der Waals surface area contributed by atoms with Gasteiger partial charge < -0.3 is 4.42 Å². The number of nitrogens with zero attached hydrogens (tertiary/aromatic N) is 1. The number of hydrogen-bond donors (Lipinski definition) is 0. The van der Waals surface area contributed by atoms with Crippen LogP contribution in [0.3, 0.4) is 0 Å². The van der Waals surface area contributed by atoms with Crippen LogP contribution in [0.1, 0.15) is 10.5 Å². The van der Waals surface area contributed by atoms with Crippen molar-refractivity contribution in [3.05, 3.63) is 30.3 Å². The van der Waals surface area contributed by atoms with Crippen LogP contribution in [-0.4, -0.2) is 11.3 Å². The highest BCUT2D eigenvalue weighted by Crippen LogP contribution is 2.13. The third-order valence-electron chi connectivity index (χ3n) is 1.48.